The second-order valence-electron chi connectivity index (χ2n) is 6.40. The Morgan fingerprint density at radius 3 is 2.83 bits per heavy atom. The number of hydrogen-bond acceptors (Lipinski definition) is 4. The van der Waals surface area contributed by atoms with Crippen LogP contribution in [-0.4, -0.2) is 21.6 Å². The molecule has 0 bridgehead atoms. The fraction of sp³-hybridized carbons (Fsp3) is 0.300. The Morgan fingerprint density at radius 1 is 1.17 bits per heavy atom. The Hall–Kier alpha value is -2.46. The van der Waals surface area contributed by atoms with Crippen LogP contribution in [0.15, 0.2) is 59.4 Å². The van der Waals surface area contributed by atoms with E-state index in [0.29, 0.717) is 6.04 Å². The highest BCUT2D eigenvalue weighted by molar-refractivity contribution is 5.57. The summed E-state index contributed by atoms with van der Waals surface area (Å²) in [5.41, 5.74) is 4.71. The molecule has 24 heavy (non-hydrogen) atoms. The Balaban J connectivity index is 1.53. The highest BCUT2D eigenvalue weighted by Crippen LogP contribution is 2.35. The predicted molar refractivity (Wildman–Crippen MR) is 93.3 cm³/mol. The van der Waals surface area contributed by atoms with Crippen LogP contribution in [-0.2, 0) is 6.54 Å². The van der Waals surface area contributed by atoms with Gasteiger partial charge in [0.1, 0.15) is 5.69 Å². The first-order valence-electron chi connectivity index (χ1n) is 8.47. The van der Waals surface area contributed by atoms with Gasteiger partial charge in [-0.2, -0.15) is 0 Å². The molecule has 1 saturated heterocycles. The second kappa shape index (κ2) is 6.57. The van der Waals surface area contributed by atoms with Gasteiger partial charge in [-0.25, -0.2) is 0 Å². The number of benzene rings is 1. The van der Waals surface area contributed by atoms with Crippen molar-refractivity contribution in [3.63, 3.8) is 0 Å². The number of hydrogen-bond donors (Lipinski definition) is 0. The Labute approximate surface area is 142 Å². The number of aryl methyl sites for hydroxylation is 1. The Morgan fingerprint density at radius 2 is 2.00 bits per heavy atom. The molecule has 0 saturated carbocycles. The molecular weight excluding hydrogens is 298 g/mol. The zero-order valence-corrected chi connectivity index (χ0v) is 13.9. The highest BCUT2D eigenvalue weighted by Gasteiger charge is 2.27. The van der Waals surface area contributed by atoms with Crippen molar-refractivity contribution in [1.29, 1.82) is 0 Å². The Bertz CT molecular complexity index is 813. The molecular formula is C20H21N3O. The molecule has 0 amide bonds. The van der Waals surface area contributed by atoms with Gasteiger partial charge in [0.15, 0.2) is 5.76 Å². The van der Waals surface area contributed by atoms with Crippen molar-refractivity contribution in [3.05, 3.63) is 71.7 Å². The SMILES string of the molecule is Cc1ccccc1C1CCCN1Cc1cc(-c2ccncc2)no1. The maximum Gasteiger partial charge on any atom is 0.151 e. The molecule has 1 aliphatic heterocycles. The molecule has 3 heterocycles. The van der Waals surface area contributed by atoms with Crippen LogP contribution in [0, 0.1) is 6.92 Å². The maximum absolute atomic E-state index is 5.58. The van der Waals surface area contributed by atoms with Crippen LogP contribution in [0.1, 0.15) is 35.8 Å². The molecule has 0 aliphatic carbocycles. The zero-order chi connectivity index (χ0) is 16.4. The van der Waals surface area contributed by atoms with E-state index in [4.69, 9.17) is 4.52 Å². The van der Waals surface area contributed by atoms with Gasteiger partial charge in [0.25, 0.3) is 0 Å². The van der Waals surface area contributed by atoms with Gasteiger partial charge in [-0.1, -0.05) is 29.4 Å². The largest absolute Gasteiger partial charge is 0.359 e. The molecule has 1 fully saturated rings. The summed E-state index contributed by atoms with van der Waals surface area (Å²) in [6.45, 7) is 4.10. The third-order valence-corrected chi connectivity index (χ3v) is 4.81. The number of pyridine rings is 1. The third kappa shape index (κ3) is 2.97. The Kier molecular flexibility index (Phi) is 4.13. The van der Waals surface area contributed by atoms with Crippen molar-refractivity contribution in [2.24, 2.45) is 0 Å². The van der Waals surface area contributed by atoms with Crippen LogP contribution < -0.4 is 0 Å². The van der Waals surface area contributed by atoms with E-state index in [1.165, 1.54) is 24.0 Å². The van der Waals surface area contributed by atoms with E-state index in [0.717, 1.165) is 30.1 Å². The van der Waals surface area contributed by atoms with Gasteiger partial charge in [-0.15, -0.1) is 0 Å². The molecule has 1 aromatic carbocycles. The zero-order valence-electron chi connectivity index (χ0n) is 13.9. The van der Waals surface area contributed by atoms with E-state index in [1.807, 2.05) is 18.2 Å². The molecule has 4 nitrogen and oxygen atoms in total. The lowest BCUT2D eigenvalue weighted by molar-refractivity contribution is 0.216. The summed E-state index contributed by atoms with van der Waals surface area (Å²) in [6, 6.07) is 15.1. The summed E-state index contributed by atoms with van der Waals surface area (Å²) in [6.07, 6.45) is 5.98. The minimum Gasteiger partial charge on any atom is -0.359 e. The summed E-state index contributed by atoms with van der Waals surface area (Å²) >= 11 is 0. The number of rotatable bonds is 4. The van der Waals surface area contributed by atoms with Crippen LogP contribution in [0.25, 0.3) is 11.3 Å². The smallest absolute Gasteiger partial charge is 0.151 e. The molecule has 2 aromatic heterocycles. The summed E-state index contributed by atoms with van der Waals surface area (Å²) < 4.78 is 5.58. The van der Waals surface area contributed by atoms with E-state index < -0.39 is 0 Å². The fourth-order valence-corrected chi connectivity index (χ4v) is 3.57. The maximum atomic E-state index is 5.58. The van der Waals surface area contributed by atoms with Crippen molar-refractivity contribution >= 4 is 0 Å². The van der Waals surface area contributed by atoms with Gasteiger partial charge in [0.05, 0.1) is 6.54 Å². The topological polar surface area (TPSA) is 42.2 Å². The van der Waals surface area contributed by atoms with Crippen LogP contribution >= 0.6 is 0 Å². The van der Waals surface area contributed by atoms with Crippen molar-refractivity contribution < 1.29 is 4.52 Å². The first kappa shape index (κ1) is 15.1. The lowest BCUT2D eigenvalue weighted by atomic mass is 9.99. The summed E-state index contributed by atoms with van der Waals surface area (Å²) in [7, 11) is 0. The molecule has 1 unspecified atom stereocenters. The van der Waals surface area contributed by atoms with Crippen molar-refractivity contribution in [1.82, 2.24) is 15.0 Å². The van der Waals surface area contributed by atoms with Crippen molar-refractivity contribution in [2.75, 3.05) is 6.54 Å². The van der Waals surface area contributed by atoms with Crippen LogP contribution in [0.2, 0.25) is 0 Å². The molecule has 4 rings (SSSR count). The molecule has 0 N–H and O–H groups in total. The lowest BCUT2D eigenvalue weighted by Gasteiger charge is -2.24. The average molecular weight is 319 g/mol. The van der Waals surface area contributed by atoms with Gasteiger partial charge in [-0.05, 0) is 49.6 Å². The van der Waals surface area contributed by atoms with E-state index >= 15 is 0 Å². The molecule has 122 valence electrons. The van der Waals surface area contributed by atoms with E-state index in [2.05, 4.69) is 46.2 Å². The molecule has 0 radical (unpaired) electrons. The molecule has 1 aliphatic rings. The van der Waals surface area contributed by atoms with Crippen molar-refractivity contribution in [3.8, 4) is 11.3 Å². The molecule has 1 atom stereocenters. The third-order valence-electron chi connectivity index (χ3n) is 4.81. The summed E-state index contributed by atoms with van der Waals surface area (Å²) in [4.78, 5) is 6.55. The van der Waals surface area contributed by atoms with E-state index in [1.54, 1.807) is 12.4 Å². The van der Waals surface area contributed by atoms with Crippen LogP contribution in [0.3, 0.4) is 0 Å². The van der Waals surface area contributed by atoms with Gasteiger partial charge in [0, 0.05) is 30.1 Å². The lowest BCUT2D eigenvalue weighted by Crippen LogP contribution is -2.23. The van der Waals surface area contributed by atoms with Crippen molar-refractivity contribution in [2.45, 2.75) is 32.4 Å². The standard InChI is InChI=1S/C20H21N3O/c1-15-5-2-3-6-18(15)20-7-4-12-23(20)14-17-13-19(22-24-17)16-8-10-21-11-9-16/h2-3,5-6,8-11,13,20H,4,7,12,14H2,1H3. The van der Waals surface area contributed by atoms with E-state index in [-0.39, 0.29) is 0 Å². The quantitative estimate of drug-likeness (QED) is 0.715. The second-order valence-corrected chi connectivity index (χ2v) is 6.40. The van der Waals surface area contributed by atoms with Gasteiger partial charge in [-0.3, -0.25) is 9.88 Å². The number of nitrogens with zero attached hydrogens (tertiary/aromatic N) is 3. The van der Waals surface area contributed by atoms with Crippen LogP contribution in [0.4, 0.5) is 0 Å². The van der Waals surface area contributed by atoms with Gasteiger partial charge < -0.3 is 4.52 Å². The normalized spacial score (nSPS) is 18.1. The highest BCUT2D eigenvalue weighted by atomic mass is 16.5. The van der Waals surface area contributed by atoms with Gasteiger partial charge >= 0.3 is 0 Å². The van der Waals surface area contributed by atoms with Crippen LogP contribution in [0.5, 0.6) is 0 Å². The fourth-order valence-electron chi connectivity index (χ4n) is 3.57. The minimum atomic E-state index is 0.473. The summed E-state index contributed by atoms with van der Waals surface area (Å²) in [5.74, 6) is 0.919. The molecule has 4 heteroatoms. The van der Waals surface area contributed by atoms with Gasteiger partial charge in [0.2, 0.25) is 0 Å². The molecule has 3 aromatic rings. The summed E-state index contributed by atoms with van der Waals surface area (Å²) in [5, 5.41) is 4.21. The minimum absolute atomic E-state index is 0.473. The molecule has 0 spiro atoms. The first-order valence-corrected chi connectivity index (χ1v) is 8.47. The monoisotopic (exact) mass is 319 g/mol. The first-order chi connectivity index (χ1) is 11.8. The number of likely N-dealkylation sites (tertiary alicyclic amines) is 1. The number of aromatic nitrogens is 2. The van der Waals surface area contributed by atoms with E-state index in [9.17, 15) is 0 Å². The average Bonchev–Trinajstić information content (AvgIpc) is 3.26. The predicted octanol–water partition coefficient (Wildman–Crippen LogP) is 4.38.